The molecule has 1 fully saturated rings. The highest BCUT2D eigenvalue weighted by atomic mass is 32.2. The van der Waals surface area contributed by atoms with Gasteiger partial charge in [-0.3, -0.25) is 10.1 Å². The van der Waals surface area contributed by atoms with Crippen LogP contribution in [0.2, 0.25) is 0 Å². The standard InChI is InChI=1S/C18H27N3O4S/c1-2-3-11-19-18(23)21-17(22)13-20-14-7-6-10-16(12-14)26(24,25)15-8-4-5-9-15/h6-7,10,12,15,20H,2-5,8-9,11,13H2,1H3,(H2,19,21,22,23). The van der Waals surface area contributed by atoms with Crippen molar-refractivity contribution in [3.05, 3.63) is 24.3 Å². The predicted octanol–water partition coefficient (Wildman–Crippen LogP) is 2.44. The van der Waals surface area contributed by atoms with Crippen molar-refractivity contribution in [1.29, 1.82) is 0 Å². The van der Waals surface area contributed by atoms with Crippen molar-refractivity contribution in [3.8, 4) is 0 Å². The van der Waals surface area contributed by atoms with E-state index in [2.05, 4.69) is 16.0 Å². The van der Waals surface area contributed by atoms with Crippen LogP contribution in [-0.2, 0) is 14.6 Å². The van der Waals surface area contributed by atoms with Gasteiger partial charge in [0.15, 0.2) is 9.84 Å². The molecule has 0 atom stereocenters. The zero-order valence-electron chi connectivity index (χ0n) is 15.1. The number of unbranched alkanes of at least 4 members (excludes halogenated alkanes) is 1. The maximum atomic E-state index is 12.6. The first-order valence-corrected chi connectivity index (χ1v) is 10.6. The summed E-state index contributed by atoms with van der Waals surface area (Å²) in [6.45, 7) is 2.41. The van der Waals surface area contributed by atoms with Gasteiger partial charge >= 0.3 is 6.03 Å². The summed E-state index contributed by atoms with van der Waals surface area (Å²) in [5, 5.41) is 7.38. The molecule has 1 saturated carbocycles. The third-order valence-electron chi connectivity index (χ3n) is 4.43. The molecule has 1 aromatic rings. The van der Waals surface area contributed by atoms with E-state index in [0.29, 0.717) is 25.1 Å². The number of hydrogen-bond acceptors (Lipinski definition) is 5. The van der Waals surface area contributed by atoms with Crippen LogP contribution < -0.4 is 16.0 Å². The Hall–Kier alpha value is -2.09. The van der Waals surface area contributed by atoms with Gasteiger partial charge in [-0.2, -0.15) is 0 Å². The topological polar surface area (TPSA) is 104 Å². The Bertz CT molecular complexity index is 728. The van der Waals surface area contributed by atoms with E-state index in [9.17, 15) is 18.0 Å². The van der Waals surface area contributed by atoms with Crippen LogP contribution in [0, 0.1) is 0 Å². The Morgan fingerprint density at radius 2 is 1.92 bits per heavy atom. The second-order valence-corrected chi connectivity index (χ2v) is 8.72. The highest BCUT2D eigenvalue weighted by Gasteiger charge is 2.30. The minimum Gasteiger partial charge on any atom is -0.376 e. The number of anilines is 1. The van der Waals surface area contributed by atoms with Gasteiger partial charge in [0.1, 0.15) is 0 Å². The quantitative estimate of drug-likeness (QED) is 0.600. The lowest BCUT2D eigenvalue weighted by Crippen LogP contribution is -2.42. The molecule has 0 aromatic heterocycles. The van der Waals surface area contributed by atoms with Crippen molar-refractivity contribution >= 4 is 27.5 Å². The third kappa shape index (κ3) is 5.72. The summed E-state index contributed by atoms with van der Waals surface area (Å²) in [6, 6.07) is 5.95. The lowest BCUT2D eigenvalue weighted by atomic mass is 10.3. The fourth-order valence-corrected chi connectivity index (χ4v) is 4.85. The Morgan fingerprint density at radius 3 is 2.62 bits per heavy atom. The maximum absolute atomic E-state index is 12.6. The lowest BCUT2D eigenvalue weighted by Gasteiger charge is -2.13. The molecular weight excluding hydrogens is 354 g/mol. The molecular formula is C18H27N3O4S. The Labute approximate surface area is 154 Å². The van der Waals surface area contributed by atoms with E-state index in [1.807, 2.05) is 6.92 Å². The molecule has 3 amide bonds. The zero-order valence-corrected chi connectivity index (χ0v) is 15.9. The average Bonchev–Trinajstić information content (AvgIpc) is 3.16. The van der Waals surface area contributed by atoms with Crippen LogP contribution >= 0.6 is 0 Å². The van der Waals surface area contributed by atoms with E-state index in [-0.39, 0.29) is 16.7 Å². The summed E-state index contributed by atoms with van der Waals surface area (Å²) in [6.07, 6.45) is 5.10. The van der Waals surface area contributed by atoms with Crippen LogP contribution in [0.25, 0.3) is 0 Å². The van der Waals surface area contributed by atoms with Gasteiger partial charge in [0, 0.05) is 12.2 Å². The Balaban J connectivity index is 1.88. The van der Waals surface area contributed by atoms with E-state index in [1.165, 1.54) is 0 Å². The first-order valence-electron chi connectivity index (χ1n) is 9.09. The van der Waals surface area contributed by atoms with Gasteiger partial charge in [-0.25, -0.2) is 13.2 Å². The molecule has 0 saturated heterocycles. The van der Waals surface area contributed by atoms with Crippen LogP contribution in [0.4, 0.5) is 10.5 Å². The lowest BCUT2D eigenvalue weighted by molar-refractivity contribution is -0.118. The molecule has 2 rings (SSSR count). The molecule has 0 heterocycles. The number of benzene rings is 1. The van der Waals surface area contributed by atoms with E-state index in [0.717, 1.165) is 25.7 Å². The summed E-state index contributed by atoms with van der Waals surface area (Å²) in [5.41, 5.74) is 0.533. The van der Waals surface area contributed by atoms with Crippen molar-refractivity contribution in [2.45, 2.75) is 55.6 Å². The van der Waals surface area contributed by atoms with Crippen LogP contribution in [0.3, 0.4) is 0 Å². The van der Waals surface area contributed by atoms with Gasteiger partial charge in [0.05, 0.1) is 16.7 Å². The first kappa shape index (κ1) is 20.2. The maximum Gasteiger partial charge on any atom is 0.321 e. The molecule has 1 aromatic carbocycles. The highest BCUT2D eigenvalue weighted by molar-refractivity contribution is 7.92. The highest BCUT2D eigenvalue weighted by Crippen LogP contribution is 2.30. The van der Waals surface area contributed by atoms with Gasteiger partial charge in [-0.15, -0.1) is 0 Å². The summed E-state index contributed by atoms with van der Waals surface area (Å²) < 4.78 is 25.3. The Kier molecular flexibility index (Phi) is 7.44. The summed E-state index contributed by atoms with van der Waals surface area (Å²) in [7, 11) is -3.34. The van der Waals surface area contributed by atoms with Gasteiger partial charge in [-0.05, 0) is 37.5 Å². The Morgan fingerprint density at radius 1 is 1.19 bits per heavy atom. The van der Waals surface area contributed by atoms with Crippen LogP contribution in [0.15, 0.2) is 29.2 Å². The SMILES string of the molecule is CCCCNC(=O)NC(=O)CNc1cccc(S(=O)(=O)C2CCCC2)c1. The minimum absolute atomic E-state index is 0.117. The molecule has 0 radical (unpaired) electrons. The number of urea groups is 1. The number of carbonyl (C=O) groups is 2. The van der Waals surface area contributed by atoms with Gasteiger partial charge in [0.2, 0.25) is 5.91 Å². The number of nitrogens with one attached hydrogen (secondary N) is 3. The van der Waals surface area contributed by atoms with Crippen LogP contribution in [-0.4, -0.2) is 38.7 Å². The van der Waals surface area contributed by atoms with E-state index in [1.54, 1.807) is 24.3 Å². The molecule has 0 aliphatic heterocycles. The number of carbonyl (C=O) groups excluding carboxylic acids is 2. The second kappa shape index (κ2) is 9.56. The number of rotatable bonds is 8. The van der Waals surface area contributed by atoms with Crippen molar-refractivity contribution in [2.24, 2.45) is 0 Å². The van der Waals surface area contributed by atoms with Gasteiger partial charge in [-0.1, -0.05) is 32.3 Å². The van der Waals surface area contributed by atoms with E-state index < -0.39 is 21.8 Å². The number of imide groups is 1. The molecule has 0 spiro atoms. The zero-order chi connectivity index (χ0) is 19.0. The van der Waals surface area contributed by atoms with Crippen molar-refractivity contribution in [3.63, 3.8) is 0 Å². The molecule has 0 unspecified atom stereocenters. The molecule has 3 N–H and O–H groups in total. The fourth-order valence-electron chi connectivity index (χ4n) is 2.95. The number of amides is 3. The normalized spacial score (nSPS) is 14.8. The van der Waals surface area contributed by atoms with Crippen molar-refractivity contribution in [2.75, 3.05) is 18.4 Å². The molecule has 144 valence electrons. The largest absolute Gasteiger partial charge is 0.376 e. The molecule has 7 nitrogen and oxygen atoms in total. The fraction of sp³-hybridized carbons (Fsp3) is 0.556. The van der Waals surface area contributed by atoms with Gasteiger partial charge < -0.3 is 10.6 Å². The van der Waals surface area contributed by atoms with Crippen molar-refractivity contribution in [1.82, 2.24) is 10.6 Å². The molecule has 1 aliphatic rings. The number of hydrogen-bond donors (Lipinski definition) is 3. The molecule has 0 bridgehead atoms. The van der Waals surface area contributed by atoms with E-state index in [4.69, 9.17) is 0 Å². The van der Waals surface area contributed by atoms with Crippen molar-refractivity contribution < 1.29 is 18.0 Å². The second-order valence-electron chi connectivity index (χ2n) is 6.49. The molecule has 26 heavy (non-hydrogen) atoms. The average molecular weight is 381 g/mol. The minimum atomic E-state index is -3.34. The monoisotopic (exact) mass is 381 g/mol. The van der Waals surface area contributed by atoms with Crippen LogP contribution in [0.5, 0.6) is 0 Å². The summed E-state index contributed by atoms with van der Waals surface area (Å²) in [5.74, 6) is -0.483. The van der Waals surface area contributed by atoms with Crippen LogP contribution in [0.1, 0.15) is 45.4 Å². The third-order valence-corrected chi connectivity index (χ3v) is 6.69. The van der Waals surface area contributed by atoms with E-state index >= 15 is 0 Å². The summed E-state index contributed by atoms with van der Waals surface area (Å²) >= 11 is 0. The van der Waals surface area contributed by atoms with Gasteiger partial charge in [0.25, 0.3) is 0 Å². The smallest absolute Gasteiger partial charge is 0.321 e. The predicted molar refractivity (Wildman–Crippen MR) is 101 cm³/mol. The number of sulfone groups is 1. The molecule has 1 aliphatic carbocycles. The first-order chi connectivity index (χ1) is 12.4. The molecule has 8 heteroatoms. The summed E-state index contributed by atoms with van der Waals surface area (Å²) in [4.78, 5) is 23.6.